The first-order valence-electron chi connectivity index (χ1n) is 8.54. The molecule has 0 bridgehead atoms. The van der Waals surface area contributed by atoms with Crippen molar-refractivity contribution >= 4 is 22.9 Å². The highest BCUT2D eigenvalue weighted by Gasteiger charge is 2.16. The summed E-state index contributed by atoms with van der Waals surface area (Å²) in [6.45, 7) is 1.10. The van der Waals surface area contributed by atoms with Gasteiger partial charge in [0.2, 0.25) is 5.91 Å². The largest absolute Gasteiger partial charge is 0.338 e. The number of carbonyl (C=O) groups is 1. The van der Waals surface area contributed by atoms with Crippen molar-refractivity contribution in [3.63, 3.8) is 0 Å². The van der Waals surface area contributed by atoms with Crippen LogP contribution in [-0.4, -0.2) is 27.3 Å². The Hall–Kier alpha value is -3.06. The van der Waals surface area contributed by atoms with Crippen LogP contribution in [0.5, 0.6) is 0 Å². The van der Waals surface area contributed by atoms with Gasteiger partial charge in [0.05, 0.1) is 11.3 Å². The summed E-state index contributed by atoms with van der Waals surface area (Å²) in [5, 5.41) is 12.8. The summed E-state index contributed by atoms with van der Waals surface area (Å²) in [5.74, 6) is -0.00994. The smallest absolute Gasteiger partial charge is 0.269 e. The second-order valence-electron chi connectivity index (χ2n) is 6.11. The van der Waals surface area contributed by atoms with Crippen molar-refractivity contribution in [1.29, 1.82) is 0 Å². The molecule has 0 atom stereocenters. The zero-order valence-corrected chi connectivity index (χ0v) is 15.5. The molecule has 3 rings (SSSR count). The van der Waals surface area contributed by atoms with Crippen molar-refractivity contribution in [1.82, 2.24) is 9.88 Å². The molecule has 0 aliphatic heterocycles. The summed E-state index contributed by atoms with van der Waals surface area (Å²) >= 11 is 1.68. The fourth-order valence-corrected chi connectivity index (χ4v) is 3.42. The van der Waals surface area contributed by atoms with Crippen LogP contribution in [0.4, 0.5) is 5.69 Å². The molecular formula is C20H19N3O3S. The first kappa shape index (κ1) is 18.7. The molecule has 0 aliphatic carbocycles. The third-order valence-electron chi connectivity index (χ3n) is 4.16. The van der Waals surface area contributed by atoms with E-state index in [1.54, 1.807) is 35.9 Å². The number of pyridine rings is 1. The van der Waals surface area contributed by atoms with E-state index in [0.29, 0.717) is 13.1 Å². The van der Waals surface area contributed by atoms with Gasteiger partial charge in [-0.05, 0) is 35.1 Å². The highest BCUT2D eigenvalue weighted by molar-refractivity contribution is 7.09. The molecule has 2 heterocycles. The minimum atomic E-state index is -0.443. The standard InChI is InChI=1S/C20H19N3O3S/c24-20(13-16-5-7-18(8-6-16)23(25)26)22(11-9-19-4-2-12-27-19)15-17-3-1-10-21-14-17/h1-8,10,12,14H,9,11,13,15H2. The van der Waals surface area contributed by atoms with Gasteiger partial charge in [-0.2, -0.15) is 0 Å². The van der Waals surface area contributed by atoms with E-state index < -0.39 is 4.92 Å². The Labute approximate surface area is 161 Å². The number of non-ortho nitro benzene ring substituents is 1. The predicted molar refractivity (Wildman–Crippen MR) is 104 cm³/mol. The molecule has 27 heavy (non-hydrogen) atoms. The Morgan fingerprint density at radius 2 is 1.93 bits per heavy atom. The van der Waals surface area contributed by atoms with Crippen LogP contribution in [0.15, 0.2) is 66.3 Å². The molecule has 1 aromatic carbocycles. The van der Waals surface area contributed by atoms with Gasteiger partial charge in [-0.3, -0.25) is 19.9 Å². The topological polar surface area (TPSA) is 76.3 Å². The number of nitro groups is 1. The molecule has 1 amide bonds. The lowest BCUT2D eigenvalue weighted by molar-refractivity contribution is -0.384. The van der Waals surface area contributed by atoms with Gasteiger partial charge in [-0.15, -0.1) is 11.3 Å². The maximum atomic E-state index is 12.9. The van der Waals surface area contributed by atoms with Crippen LogP contribution in [-0.2, 0) is 24.2 Å². The van der Waals surface area contributed by atoms with Gasteiger partial charge in [0.25, 0.3) is 5.69 Å². The Kier molecular flexibility index (Phi) is 6.27. The molecule has 2 aromatic heterocycles. The second kappa shape index (κ2) is 9.05. The van der Waals surface area contributed by atoms with E-state index >= 15 is 0 Å². The van der Waals surface area contributed by atoms with Crippen molar-refractivity contribution in [2.24, 2.45) is 0 Å². The number of amides is 1. The fraction of sp³-hybridized carbons (Fsp3) is 0.200. The SMILES string of the molecule is O=C(Cc1ccc([N+](=O)[O-])cc1)N(CCc1cccs1)Cc1cccnc1. The van der Waals surface area contributed by atoms with E-state index in [9.17, 15) is 14.9 Å². The Morgan fingerprint density at radius 3 is 2.56 bits per heavy atom. The Morgan fingerprint density at radius 1 is 1.11 bits per heavy atom. The van der Waals surface area contributed by atoms with Crippen LogP contribution in [0, 0.1) is 10.1 Å². The summed E-state index contributed by atoms with van der Waals surface area (Å²) in [6, 6.07) is 14.0. The number of carbonyl (C=O) groups excluding carboxylic acids is 1. The zero-order valence-electron chi connectivity index (χ0n) is 14.7. The highest BCUT2D eigenvalue weighted by atomic mass is 32.1. The summed E-state index contributed by atoms with van der Waals surface area (Å²) in [5.41, 5.74) is 1.76. The van der Waals surface area contributed by atoms with Crippen molar-refractivity contribution in [3.05, 3.63) is 92.4 Å². The Bertz CT molecular complexity index is 881. The summed E-state index contributed by atoms with van der Waals surface area (Å²) < 4.78 is 0. The predicted octanol–water partition coefficient (Wildman–Crippen LogP) is 3.87. The summed E-state index contributed by atoms with van der Waals surface area (Å²) in [4.78, 5) is 30.4. The van der Waals surface area contributed by atoms with Crippen LogP contribution in [0.2, 0.25) is 0 Å². The van der Waals surface area contributed by atoms with Crippen molar-refractivity contribution in [2.75, 3.05) is 6.54 Å². The third kappa shape index (κ3) is 5.46. The monoisotopic (exact) mass is 381 g/mol. The minimum Gasteiger partial charge on any atom is -0.338 e. The average Bonchev–Trinajstić information content (AvgIpc) is 3.20. The molecular weight excluding hydrogens is 362 g/mol. The van der Waals surface area contributed by atoms with Crippen LogP contribution >= 0.6 is 11.3 Å². The number of hydrogen-bond donors (Lipinski definition) is 0. The number of aromatic nitrogens is 1. The number of benzene rings is 1. The second-order valence-corrected chi connectivity index (χ2v) is 7.14. The number of nitro benzene ring substituents is 1. The van der Waals surface area contributed by atoms with E-state index in [4.69, 9.17) is 0 Å². The van der Waals surface area contributed by atoms with E-state index in [-0.39, 0.29) is 18.0 Å². The molecule has 0 unspecified atom stereocenters. The van der Waals surface area contributed by atoms with Gasteiger partial charge in [0.15, 0.2) is 0 Å². The molecule has 0 saturated heterocycles. The lowest BCUT2D eigenvalue weighted by Gasteiger charge is -2.23. The Balaban J connectivity index is 1.69. The van der Waals surface area contributed by atoms with Crippen LogP contribution < -0.4 is 0 Å². The maximum absolute atomic E-state index is 12.9. The molecule has 6 nitrogen and oxygen atoms in total. The normalized spacial score (nSPS) is 10.5. The van der Waals surface area contributed by atoms with Crippen LogP contribution in [0.3, 0.4) is 0 Å². The van der Waals surface area contributed by atoms with E-state index in [0.717, 1.165) is 17.5 Å². The quantitative estimate of drug-likeness (QED) is 0.438. The number of thiophene rings is 1. The van der Waals surface area contributed by atoms with Gasteiger partial charge < -0.3 is 4.90 Å². The van der Waals surface area contributed by atoms with Gasteiger partial charge in [0, 0.05) is 42.5 Å². The maximum Gasteiger partial charge on any atom is 0.269 e. The van der Waals surface area contributed by atoms with Gasteiger partial charge in [-0.1, -0.05) is 24.3 Å². The lowest BCUT2D eigenvalue weighted by Crippen LogP contribution is -2.33. The van der Waals surface area contributed by atoms with E-state index in [1.165, 1.54) is 17.0 Å². The van der Waals surface area contributed by atoms with Crippen LogP contribution in [0.25, 0.3) is 0 Å². The number of hydrogen-bond acceptors (Lipinski definition) is 5. The van der Waals surface area contributed by atoms with Crippen molar-refractivity contribution < 1.29 is 9.72 Å². The highest BCUT2D eigenvalue weighted by Crippen LogP contribution is 2.15. The zero-order chi connectivity index (χ0) is 19.1. The summed E-state index contributed by atoms with van der Waals surface area (Å²) in [7, 11) is 0. The molecule has 0 saturated carbocycles. The average molecular weight is 381 g/mol. The first-order chi connectivity index (χ1) is 13.1. The molecule has 138 valence electrons. The lowest BCUT2D eigenvalue weighted by atomic mass is 10.1. The van der Waals surface area contributed by atoms with Crippen molar-refractivity contribution in [3.8, 4) is 0 Å². The van der Waals surface area contributed by atoms with Gasteiger partial charge >= 0.3 is 0 Å². The van der Waals surface area contributed by atoms with E-state index in [2.05, 4.69) is 11.1 Å². The van der Waals surface area contributed by atoms with Crippen molar-refractivity contribution in [2.45, 2.75) is 19.4 Å². The first-order valence-corrected chi connectivity index (χ1v) is 9.42. The van der Waals surface area contributed by atoms with Crippen LogP contribution in [0.1, 0.15) is 16.0 Å². The number of rotatable bonds is 8. The molecule has 3 aromatic rings. The molecule has 0 radical (unpaired) electrons. The van der Waals surface area contributed by atoms with Gasteiger partial charge in [-0.25, -0.2) is 0 Å². The third-order valence-corrected chi connectivity index (χ3v) is 5.10. The molecule has 0 N–H and O–H groups in total. The minimum absolute atomic E-state index is 0.00994. The van der Waals surface area contributed by atoms with E-state index in [1.807, 2.05) is 28.5 Å². The molecule has 7 heteroatoms. The van der Waals surface area contributed by atoms with Gasteiger partial charge in [0.1, 0.15) is 0 Å². The fourth-order valence-electron chi connectivity index (χ4n) is 2.73. The molecule has 0 aliphatic rings. The summed E-state index contributed by atoms with van der Waals surface area (Å²) in [6.07, 6.45) is 4.47. The molecule has 0 fully saturated rings. The molecule has 0 spiro atoms. The number of nitrogens with zero attached hydrogens (tertiary/aromatic N) is 3.